The van der Waals surface area contributed by atoms with E-state index in [0.717, 1.165) is 11.3 Å². The maximum atomic E-state index is 13.3. The zero-order valence-corrected chi connectivity index (χ0v) is 19.4. The van der Waals surface area contributed by atoms with Gasteiger partial charge >= 0.3 is 0 Å². The van der Waals surface area contributed by atoms with Crippen LogP contribution in [0.5, 0.6) is 0 Å². The first-order valence-corrected chi connectivity index (χ1v) is 11.8. The van der Waals surface area contributed by atoms with Crippen LogP contribution in [0.2, 0.25) is 0 Å². The molecule has 0 saturated heterocycles. The van der Waals surface area contributed by atoms with E-state index in [4.69, 9.17) is 4.98 Å². The lowest BCUT2D eigenvalue weighted by molar-refractivity contribution is -0.117. The van der Waals surface area contributed by atoms with Gasteiger partial charge < -0.3 is 10.6 Å². The summed E-state index contributed by atoms with van der Waals surface area (Å²) in [6, 6.07) is 14.4. The second kappa shape index (κ2) is 8.79. The summed E-state index contributed by atoms with van der Waals surface area (Å²) in [5, 5.41) is 10.9. The quantitative estimate of drug-likeness (QED) is 0.428. The van der Waals surface area contributed by atoms with Crippen molar-refractivity contribution in [2.75, 3.05) is 16.4 Å². The lowest BCUT2D eigenvalue weighted by atomic mass is 10.2. The van der Waals surface area contributed by atoms with Gasteiger partial charge in [-0.2, -0.15) is 5.10 Å². The van der Waals surface area contributed by atoms with Crippen LogP contribution in [0, 0.1) is 6.92 Å². The summed E-state index contributed by atoms with van der Waals surface area (Å²) >= 11 is 1.46. The highest BCUT2D eigenvalue weighted by atomic mass is 32.2. The zero-order chi connectivity index (χ0) is 23.8. The molecule has 3 heterocycles. The summed E-state index contributed by atoms with van der Waals surface area (Å²) in [4.78, 5) is 41.8. The first kappa shape index (κ1) is 21.9. The Kier molecular flexibility index (Phi) is 5.66. The number of carbonyl (C=O) groups is 2. The molecule has 2 N–H and O–H groups in total. The van der Waals surface area contributed by atoms with E-state index in [9.17, 15) is 14.4 Å². The minimum absolute atomic E-state index is 0.145. The first-order chi connectivity index (χ1) is 16.4. The molecule has 9 nitrogen and oxygen atoms in total. The summed E-state index contributed by atoms with van der Waals surface area (Å²) in [5.74, 6) is 0.224. The van der Waals surface area contributed by atoms with E-state index in [1.165, 1.54) is 24.9 Å². The Morgan fingerprint density at radius 2 is 1.74 bits per heavy atom. The first-order valence-electron chi connectivity index (χ1n) is 10.8. The van der Waals surface area contributed by atoms with Gasteiger partial charge in [-0.3, -0.25) is 19.0 Å². The van der Waals surface area contributed by atoms with Gasteiger partial charge in [-0.1, -0.05) is 29.5 Å². The van der Waals surface area contributed by atoms with Gasteiger partial charge in [0, 0.05) is 30.5 Å². The van der Waals surface area contributed by atoms with Crippen LogP contribution in [0.4, 0.5) is 11.4 Å². The molecule has 2 amide bonds. The fourth-order valence-corrected chi connectivity index (χ4v) is 5.05. The molecule has 1 unspecified atom stereocenters. The molecule has 34 heavy (non-hydrogen) atoms. The Morgan fingerprint density at radius 3 is 2.41 bits per heavy atom. The Labute approximate surface area is 199 Å². The van der Waals surface area contributed by atoms with Crippen molar-refractivity contribution in [1.82, 2.24) is 19.3 Å². The molecule has 0 spiro atoms. The molecular formula is C24H22N6O3S. The van der Waals surface area contributed by atoms with Gasteiger partial charge in [0.25, 0.3) is 5.56 Å². The number of fused-ring (bicyclic) bond motifs is 2. The number of aryl methyl sites for hydroxylation is 1. The number of nitrogens with zero attached hydrogens (tertiary/aromatic N) is 4. The molecule has 5 rings (SSSR count). The van der Waals surface area contributed by atoms with Crippen LogP contribution in [0.1, 0.15) is 24.9 Å². The van der Waals surface area contributed by atoms with Crippen molar-refractivity contribution < 1.29 is 9.59 Å². The van der Waals surface area contributed by atoms with E-state index in [2.05, 4.69) is 15.7 Å². The number of anilines is 2. The van der Waals surface area contributed by atoms with Crippen LogP contribution in [0.3, 0.4) is 0 Å². The standard InChI is InChI=1S/C24H22N6O3S/c1-14-3-9-18(10-4-14)30-22-20(12-25-30)23(33)29-19(13-34-24(29)28-22)11-21(32)27-17-7-5-16(6-8-17)26-15(2)31/h3-10,12,19H,11,13H2,1-2H3,(H,26,31)(H,27,32). The molecule has 10 heteroatoms. The second-order valence-electron chi connectivity index (χ2n) is 8.17. The van der Waals surface area contributed by atoms with Gasteiger partial charge in [0.1, 0.15) is 5.39 Å². The van der Waals surface area contributed by atoms with Crippen molar-refractivity contribution in [2.45, 2.75) is 31.5 Å². The minimum atomic E-state index is -0.300. The highest BCUT2D eigenvalue weighted by molar-refractivity contribution is 7.99. The second-order valence-corrected chi connectivity index (χ2v) is 9.16. The van der Waals surface area contributed by atoms with Crippen LogP contribution in [0.15, 0.2) is 64.7 Å². The summed E-state index contributed by atoms with van der Waals surface area (Å²) in [7, 11) is 0. The van der Waals surface area contributed by atoms with Crippen LogP contribution in [-0.4, -0.2) is 36.9 Å². The summed E-state index contributed by atoms with van der Waals surface area (Å²) in [5.41, 5.74) is 3.55. The van der Waals surface area contributed by atoms with E-state index in [0.29, 0.717) is 33.3 Å². The number of hydrogen-bond acceptors (Lipinski definition) is 6. The predicted octanol–water partition coefficient (Wildman–Crippen LogP) is 3.52. The van der Waals surface area contributed by atoms with Gasteiger partial charge in [-0.25, -0.2) is 9.67 Å². The van der Waals surface area contributed by atoms with Crippen LogP contribution in [0.25, 0.3) is 16.7 Å². The van der Waals surface area contributed by atoms with Crippen LogP contribution < -0.4 is 16.2 Å². The average molecular weight is 475 g/mol. The average Bonchev–Trinajstić information content (AvgIpc) is 3.40. The SMILES string of the molecule is CC(=O)Nc1ccc(NC(=O)CC2CSc3nc4c(cnn4-c4ccc(C)cc4)c(=O)n32)cc1. The summed E-state index contributed by atoms with van der Waals surface area (Å²) in [6.07, 6.45) is 1.68. The Morgan fingerprint density at radius 1 is 1.06 bits per heavy atom. The third-order valence-electron chi connectivity index (χ3n) is 5.56. The molecule has 0 aliphatic carbocycles. The lowest BCUT2D eigenvalue weighted by Crippen LogP contribution is -2.27. The van der Waals surface area contributed by atoms with Gasteiger partial charge in [-0.05, 0) is 43.3 Å². The van der Waals surface area contributed by atoms with E-state index in [-0.39, 0.29) is 29.8 Å². The Bertz CT molecular complexity index is 1460. The predicted molar refractivity (Wildman–Crippen MR) is 132 cm³/mol. The molecule has 172 valence electrons. The summed E-state index contributed by atoms with van der Waals surface area (Å²) < 4.78 is 3.27. The Balaban J connectivity index is 1.36. The third-order valence-corrected chi connectivity index (χ3v) is 6.66. The fourth-order valence-electron chi connectivity index (χ4n) is 3.92. The minimum Gasteiger partial charge on any atom is -0.326 e. The normalized spacial score (nSPS) is 14.7. The molecule has 1 aliphatic rings. The maximum absolute atomic E-state index is 13.3. The molecule has 0 saturated carbocycles. The van der Waals surface area contributed by atoms with Gasteiger partial charge in [0.15, 0.2) is 10.8 Å². The number of aromatic nitrogens is 4. The molecule has 4 aromatic rings. The van der Waals surface area contributed by atoms with Crippen molar-refractivity contribution in [3.8, 4) is 5.69 Å². The molecule has 1 atom stereocenters. The van der Waals surface area contributed by atoms with Crippen molar-refractivity contribution >= 4 is 46.0 Å². The molecule has 0 radical (unpaired) electrons. The molecular weight excluding hydrogens is 452 g/mol. The Hall–Kier alpha value is -3.92. The fraction of sp³-hybridized carbons (Fsp3) is 0.208. The third kappa shape index (κ3) is 4.19. The number of carbonyl (C=O) groups excluding carboxylic acids is 2. The van der Waals surface area contributed by atoms with E-state index in [1.54, 1.807) is 33.5 Å². The smallest absolute Gasteiger partial charge is 0.265 e. The van der Waals surface area contributed by atoms with E-state index in [1.807, 2.05) is 31.2 Å². The van der Waals surface area contributed by atoms with Crippen LogP contribution >= 0.6 is 11.8 Å². The summed E-state index contributed by atoms with van der Waals surface area (Å²) in [6.45, 7) is 3.45. The molecule has 2 aromatic heterocycles. The zero-order valence-electron chi connectivity index (χ0n) is 18.6. The van der Waals surface area contributed by atoms with Gasteiger partial charge in [0.05, 0.1) is 17.9 Å². The van der Waals surface area contributed by atoms with Crippen molar-refractivity contribution in [3.05, 3.63) is 70.6 Å². The van der Waals surface area contributed by atoms with Crippen molar-refractivity contribution in [2.24, 2.45) is 0 Å². The lowest BCUT2D eigenvalue weighted by Gasteiger charge is -2.14. The number of hydrogen-bond donors (Lipinski definition) is 2. The highest BCUT2D eigenvalue weighted by Crippen LogP contribution is 2.33. The van der Waals surface area contributed by atoms with Crippen LogP contribution in [-0.2, 0) is 9.59 Å². The largest absolute Gasteiger partial charge is 0.326 e. The highest BCUT2D eigenvalue weighted by Gasteiger charge is 2.29. The molecule has 1 aliphatic heterocycles. The van der Waals surface area contributed by atoms with Crippen molar-refractivity contribution in [1.29, 1.82) is 0 Å². The van der Waals surface area contributed by atoms with E-state index < -0.39 is 0 Å². The number of rotatable bonds is 5. The number of benzene rings is 2. The molecule has 2 aromatic carbocycles. The molecule has 0 bridgehead atoms. The maximum Gasteiger partial charge on any atom is 0.265 e. The number of nitrogens with one attached hydrogen (secondary N) is 2. The molecule has 0 fully saturated rings. The monoisotopic (exact) mass is 474 g/mol. The number of amides is 2. The van der Waals surface area contributed by atoms with Gasteiger partial charge in [-0.15, -0.1) is 0 Å². The van der Waals surface area contributed by atoms with Crippen molar-refractivity contribution in [3.63, 3.8) is 0 Å². The topological polar surface area (TPSA) is 111 Å². The van der Waals surface area contributed by atoms with Gasteiger partial charge in [0.2, 0.25) is 11.8 Å². The number of thioether (sulfide) groups is 1. The van der Waals surface area contributed by atoms with E-state index >= 15 is 0 Å².